The van der Waals surface area contributed by atoms with Crippen molar-refractivity contribution in [3.63, 3.8) is 0 Å². The van der Waals surface area contributed by atoms with Gasteiger partial charge in [-0.15, -0.1) is 0 Å². The van der Waals surface area contributed by atoms with Crippen LogP contribution in [0.15, 0.2) is 59.4 Å². The number of anilines is 1. The van der Waals surface area contributed by atoms with E-state index < -0.39 is 12.1 Å². The maximum absolute atomic E-state index is 13.2. The van der Waals surface area contributed by atoms with Crippen LogP contribution in [-0.2, 0) is 22.7 Å². The molecule has 0 saturated carbocycles. The van der Waals surface area contributed by atoms with Crippen LogP contribution in [0.2, 0.25) is 0 Å². The molecule has 7 nitrogen and oxygen atoms in total. The van der Waals surface area contributed by atoms with Gasteiger partial charge in [-0.05, 0) is 35.4 Å². The number of fused-ring (bicyclic) bond motifs is 5. The molecule has 3 N–H and O–H groups in total. The van der Waals surface area contributed by atoms with Crippen LogP contribution in [0, 0.1) is 0 Å². The molecule has 0 fully saturated rings. The number of para-hydroxylation sites is 1. The fourth-order valence-electron chi connectivity index (χ4n) is 4.55. The van der Waals surface area contributed by atoms with Crippen LogP contribution in [0.1, 0.15) is 22.8 Å². The zero-order chi connectivity index (χ0) is 21.3. The van der Waals surface area contributed by atoms with E-state index >= 15 is 0 Å². The quantitative estimate of drug-likeness (QED) is 0.324. The molecule has 0 bridgehead atoms. The van der Waals surface area contributed by atoms with Crippen molar-refractivity contribution >= 4 is 22.6 Å². The number of aliphatic hydroxyl groups excluding tert-OH is 1. The van der Waals surface area contributed by atoms with E-state index in [1.54, 1.807) is 10.6 Å². The highest BCUT2D eigenvalue weighted by Gasteiger charge is 2.34. The number of nitrogen functional groups attached to an aromatic ring is 1. The van der Waals surface area contributed by atoms with Crippen LogP contribution >= 0.6 is 0 Å². The van der Waals surface area contributed by atoms with Gasteiger partial charge in [-0.3, -0.25) is 4.79 Å². The Morgan fingerprint density at radius 1 is 1.06 bits per heavy atom. The summed E-state index contributed by atoms with van der Waals surface area (Å²) in [6, 6.07) is 17.2. The zero-order valence-electron chi connectivity index (χ0n) is 16.3. The maximum atomic E-state index is 13.2. The summed E-state index contributed by atoms with van der Waals surface area (Å²) in [5.41, 5.74) is 11.9. The van der Waals surface area contributed by atoms with Crippen molar-refractivity contribution in [3.8, 4) is 22.5 Å². The molecule has 1 atom stereocenters. The molecule has 2 aromatic heterocycles. The highest BCUT2D eigenvalue weighted by Crippen LogP contribution is 2.42. The second kappa shape index (κ2) is 6.26. The van der Waals surface area contributed by atoms with E-state index in [1.165, 1.54) is 0 Å². The normalized spacial score (nSPS) is 16.5. The first-order valence-electron chi connectivity index (χ1n) is 9.92. The highest BCUT2D eigenvalue weighted by molar-refractivity contribution is 6.00. The molecule has 0 radical (unpaired) electrons. The van der Waals surface area contributed by atoms with Crippen molar-refractivity contribution in [2.45, 2.75) is 19.3 Å². The number of carbonyl (C=O) groups is 1. The first-order chi connectivity index (χ1) is 15.0. The number of hydrogen-bond donors (Lipinski definition) is 2. The molecule has 4 aromatic rings. The van der Waals surface area contributed by atoms with Crippen molar-refractivity contribution < 1.29 is 14.6 Å². The molecule has 152 valence electrons. The van der Waals surface area contributed by atoms with Gasteiger partial charge in [-0.1, -0.05) is 30.3 Å². The minimum atomic E-state index is -1.47. The smallest absolute Gasteiger partial charge is 0.340 e. The number of esters is 1. The summed E-state index contributed by atoms with van der Waals surface area (Å²) < 4.78 is 6.61. The Balaban J connectivity index is 1.68. The molecule has 0 aliphatic carbocycles. The number of pyridine rings is 2. The lowest BCUT2D eigenvalue weighted by atomic mass is 9.94. The summed E-state index contributed by atoms with van der Waals surface area (Å²) in [5, 5.41) is 11.3. The minimum Gasteiger partial charge on any atom is -0.458 e. The third-order valence-corrected chi connectivity index (χ3v) is 6.06. The lowest BCUT2D eigenvalue weighted by molar-refractivity contribution is -0.157. The van der Waals surface area contributed by atoms with Gasteiger partial charge < -0.3 is 20.1 Å². The van der Waals surface area contributed by atoms with E-state index in [4.69, 9.17) is 15.5 Å². The van der Waals surface area contributed by atoms with Crippen LogP contribution in [-0.4, -0.2) is 20.6 Å². The molecule has 0 saturated heterocycles. The van der Waals surface area contributed by atoms with Gasteiger partial charge in [0.1, 0.15) is 6.61 Å². The standard InChI is InChI=1S/C24H17N3O4/c25-13-7-5-12(6-8-13)20-14-3-1-2-4-18(14)26-21-16(20)10-27-19(21)9-15-17(23(27)29)11-31-24(30)22(15)28/h1-9,22,28H,10-11,25H2. The van der Waals surface area contributed by atoms with Gasteiger partial charge >= 0.3 is 5.97 Å². The van der Waals surface area contributed by atoms with E-state index in [2.05, 4.69) is 0 Å². The molecule has 31 heavy (non-hydrogen) atoms. The Kier molecular flexibility index (Phi) is 3.61. The Hall–Kier alpha value is -3.97. The number of aromatic nitrogens is 2. The molecule has 2 aromatic carbocycles. The summed E-state index contributed by atoms with van der Waals surface area (Å²) in [6.07, 6.45) is -1.47. The van der Waals surface area contributed by atoms with Gasteiger partial charge in [-0.2, -0.15) is 0 Å². The molecule has 0 amide bonds. The summed E-state index contributed by atoms with van der Waals surface area (Å²) in [6.45, 7) is 0.208. The lowest BCUT2D eigenvalue weighted by Gasteiger charge is -2.21. The van der Waals surface area contributed by atoms with Gasteiger partial charge in [0.05, 0.1) is 29.0 Å². The Labute approximate surface area is 176 Å². The highest BCUT2D eigenvalue weighted by atomic mass is 16.5. The van der Waals surface area contributed by atoms with Gasteiger partial charge in [0.25, 0.3) is 5.56 Å². The van der Waals surface area contributed by atoms with Crippen LogP contribution < -0.4 is 11.3 Å². The second-order valence-corrected chi connectivity index (χ2v) is 7.82. The topological polar surface area (TPSA) is 107 Å². The van der Waals surface area contributed by atoms with Crippen LogP contribution in [0.5, 0.6) is 0 Å². The Morgan fingerprint density at radius 2 is 1.84 bits per heavy atom. The first kappa shape index (κ1) is 17.9. The van der Waals surface area contributed by atoms with Crippen LogP contribution in [0.3, 0.4) is 0 Å². The zero-order valence-corrected chi connectivity index (χ0v) is 16.3. The monoisotopic (exact) mass is 411 g/mol. The number of aliphatic hydroxyl groups is 1. The number of nitrogens with two attached hydrogens (primary N) is 1. The van der Waals surface area contributed by atoms with E-state index in [0.717, 1.165) is 27.6 Å². The van der Waals surface area contributed by atoms with Gasteiger partial charge in [0.15, 0.2) is 6.10 Å². The predicted molar refractivity (Wildman–Crippen MR) is 115 cm³/mol. The number of hydrogen-bond acceptors (Lipinski definition) is 6. The largest absolute Gasteiger partial charge is 0.458 e. The summed E-state index contributed by atoms with van der Waals surface area (Å²) in [4.78, 5) is 29.9. The van der Waals surface area contributed by atoms with Crippen molar-refractivity contribution in [2.75, 3.05) is 5.73 Å². The van der Waals surface area contributed by atoms with Crippen LogP contribution in [0.25, 0.3) is 33.4 Å². The SMILES string of the molecule is Nc1ccc(-c2c3c(nc4ccccc24)-c2cc4c(c(=O)n2C3)COC(=O)C4O)cc1. The molecule has 4 heterocycles. The summed E-state index contributed by atoms with van der Waals surface area (Å²) >= 11 is 0. The number of cyclic esters (lactones) is 1. The second-order valence-electron chi connectivity index (χ2n) is 7.82. The third kappa shape index (κ3) is 2.47. The molecule has 2 aliphatic heterocycles. The minimum absolute atomic E-state index is 0.138. The number of benzene rings is 2. The van der Waals surface area contributed by atoms with Crippen molar-refractivity contribution in [1.29, 1.82) is 0 Å². The van der Waals surface area contributed by atoms with Gasteiger partial charge in [0, 0.05) is 22.2 Å². The number of carbonyl (C=O) groups excluding carboxylic acids is 1. The number of nitrogens with zero attached hydrogens (tertiary/aromatic N) is 2. The predicted octanol–water partition coefficient (Wildman–Crippen LogP) is 2.76. The molecular formula is C24H17N3O4. The maximum Gasteiger partial charge on any atom is 0.340 e. The van der Waals surface area contributed by atoms with Gasteiger partial charge in [-0.25, -0.2) is 9.78 Å². The third-order valence-electron chi connectivity index (χ3n) is 6.06. The van der Waals surface area contributed by atoms with Crippen molar-refractivity contribution in [3.05, 3.63) is 81.6 Å². The average molecular weight is 411 g/mol. The van der Waals surface area contributed by atoms with E-state index in [9.17, 15) is 14.7 Å². The molecule has 7 heteroatoms. The lowest BCUT2D eigenvalue weighted by Crippen LogP contribution is -2.32. The average Bonchev–Trinajstić information content (AvgIpc) is 3.14. The molecule has 0 spiro atoms. The molecule has 6 rings (SSSR count). The number of rotatable bonds is 1. The Bertz CT molecular complexity index is 1470. The van der Waals surface area contributed by atoms with Crippen molar-refractivity contribution in [1.82, 2.24) is 9.55 Å². The van der Waals surface area contributed by atoms with E-state index in [1.807, 2.05) is 48.5 Å². The van der Waals surface area contributed by atoms with Gasteiger partial charge in [0.2, 0.25) is 0 Å². The van der Waals surface area contributed by atoms with Crippen molar-refractivity contribution in [2.24, 2.45) is 0 Å². The summed E-state index contributed by atoms with van der Waals surface area (Å²) in [7, 11) is 0. The fourth-order valence-corrected chi connectivity index (χ4v) is 4.55. The summed E-state index contributed by atoms with van der Waals surface area (Å²) in [5.74, 6) is -0.746. The van der Waals surface area contributed by atoms with Crippen LogP contribution in [0.4, 0.5) is 5.69 Å². The fraction of sp³-hybridized carbons (Fsp3) is 0.125. The number of ether oxygens (including phenoxy) is 1. The van der Waals surface area contributed by atoms with E-state index in [0.29, 0.717) is 34.7 Å². The Morgan fingerprint density at radius 3 is 2.65 bits per heavy atom. The molecule has 1 unspecified atom stereocenters. The molecule has 2 aliphatic rings. The molecular weight excluding hydrogens is 394 g/mol. The van der Waals surface area contributed by atoms with E-state index in [-0.39, 0.29) is 12.2 Å². The first-order valence-corrected chi connectivity index (χ1v) is 9.92.